The summed E-state index contributed by atoms with van der Waals surface area (Å²) in [6.45, 7) is 1.53. The number of nitrogens with zero attached hydrogens (tertiary/aromatic N) is 1. The highest BCUT2D eigenvalue weighted by Crippen LogP contribution is 2.47. The van der Waals surface area contributed by atoms with E-state index < -0.39 is 103 Å². The van der Waals surface area contributed by atoms with Crippen molar-refractivity contribution in [3.8, 4) is 5.75 Å². The van der Waals surface area contributed by atoms with E-state index in [4.69, 9.17) is 8.76 Å². The summed E-state index contributed by atoms with van der Waals surface area (Å²) in [5, 5.41) is 8.82. The van der Waals surface area contributed by atoms with E-state index in [1.54, 1.807) is 0 Å². The Morgan fingerprint density at radius 3 is 1.38 bits per heavy atom. The molecule has 11 nitrogen and oxygen atoms in total. The number of sulfone groups is 2. The van der Waals surface area contributed by atoms with Gasteiger partial charge in [0.1, 0.15) is 11.5 Å². The van der Waals surface area contributed by atoms with E-state index in [1.807, 2.05) is 26.0 Å². The normalized spacial score (nSPS) is 14.0. The van der Waals surface area contributed by atoms with Crippen molar-refractivity contribution in [2.24, 2.45) is 5.14 Å². The van der Waals surface area contributed by atoms with Crippen LogP contribution < -0.4 is 15.2 Å². The predicted octanol–water partition coefficient (Wildman–Crippen LogP) is 3.77. The molecule has 1 unspecified atom stereocenters. The van der Waals surface area contributed by atoms with Gasteiger partial charge in [0.25, 0.3) is 29.7 Å². The number of aryl methyl sites for hydroxylation is 3. The third-order valence-electron chi connectivity index (χ3n) is 4.69. The fraction of sp³-hybridized carbons (Fsp3) is 0.474. The van der Waals surface area contributed by atoms with Crippen molar-refractivity contribution in [3.05, 3.63) is 41.2 Å². The van der Waals surface area contributed by atoms with Gasteiger partial charge in [-0.25, -0.2) is 39.0 Å². The van der Waals surface area contributed by atoms with Gasteiger partial charge in [0.15, 0.2) is 6.67 Å². The summed E-state index contributed by atoms with van der Waals surface area (Å²) < 4.78 is 250. The van der Waals surface area contributed by atoms with Gasteiger partial charge in [-0.05, 0) is 19.1 Å². The predicted molar refractivity (Wildman–Crippen MR) is 130 cm³/mol. The van der Waals surface area contributed by atoms with E-state index in [0.29, 0.717) is 6.92 Å². The minimum Gasteiger partial charge on any atom is -0.871 e. The molecule has 29 heteroatoms. The fourth-order valence-corrected chi connectivity index (χ4v) is 4.78. The molecule has 0 fully saturated rings. The van der Waals surface area contributed by atoms with Gasteiger partial charge < -0.3 is 14.6 Å². The first-order valence-corrected chi connectivity index (χ1v) is 16.3. The summed E-state index contributed by atoms with van der Waals surface area (Å²) in [5.74, 6) is -14.0. The van der Waals surface area contributed by atoms with Crippen LogP contribution in [0.15, 0.2) is 34.1 Å². The van der Waals surface area contributed by atoms with Crippen molar-refractivity contribution in [2.75, 3.05) is 6.67 Å². The highest BCUT2D eigenvalue weighted by atomic mass is 32.2. The second-order valence-electron chi connectivity index (χ2n) is 8.36. The summed E-state index contributed by atoms with van der Waals surface area (Å²) in [5.41, 5.74) is -10.5. The monoisotopic (exact) mass is 811 g/mol. The van der Waals surface area contributed by atoms with E-state index in [-0.39, 0.29) is 6.07 Å². The van der Waals surface area contributed by atoms with Crippen molar-refractivity contribution >= 4 is 41.2 Å². The molecule has 1 atom stereocenters. The summed E-state index contributed by atoms with van der Waals surface area (Å²) >= 11 is -3.36. The van der Waals surface area contributed by atoms with E-state index in [1.165, 1.54) is 0 Å². The number of primary sulfonamides is 1. The number of aromatic nitrogens is 1. The molecule has 1 aromatic heterocycles. The quantitative estimate of drug-likeness (QED) is 0.254. The zero-order valence-electron chi connectivity index (χ0n) is 23.1. The zero-order valence-corrected chi connectivity index (χ0v) is 26.4. The number of hydrogen-bond acceptors (Lipinski definition) is 9. The molecule has 1 aromatic carbocycles. The molecular formula is C19H17F14N2O9S4-3. The van der Waals surface area contributed by atoms with Crippen LogP contribution in [-0.2, 0) is 41.2 Å². The number of halogens is 14. The lowest BCUT2D eigenvalue weighted by Crippen LogP contribution is -2.60. The summed E-state index contributed by atoms with van der Waals surface area (Å²) in [4.78, 5) is 0.266. The topological polar surface area (TPSA) is 206 Å². The molecule has 2 aromatic rings. The van der Waals surface area contributed by atoms with Crippen molar-refractivity contribution in [1.82, 2.24) is 4.98 Å². The maximum atomic E-state index is 12.4. The van der Waals surface area contributed by atoms with Crippen LogP contribution in [0.4, 0.5) is 61.0 Å². The molecule has 0 spiro atoms. The maximum absolute atomic E-state index is 12.4. The van der Waals surface area contributed by atoms with Gasteiger partial charge in [0, 0.05) is 0 Å². The lowest BCUT2D eigenvalue weighted by atomic mass is 10.2. The Kier molecular flexibility index (Phi) is 15.6. The van der Waals surface area contributed by atoms with Crippen LogP contribution in [-0.4, -0.2) is 68.8 Å². The van der Waals surface area contributed by atoms with E-state index in [2.05, 4.69) is 10.1 Å². The highest BCUT2D eigenvalue weighted by molar-refractivity contribution is 7.93. The number of rotatable bonds is 6. The second kappa shape index (κ2) is 15.9. The molecule has 0 aliphatic heterocycles. The van der Waals surface area contributed by atoms with Crippen molar-refractivity contribution < 1.29 is 100 Å². The third kappa shape index (κ3) is 11.4. The molecule has 1 heterocycles. The van der Waals surface area contributed by atoms with E-state index >= 15 is 0 Å². The maximum Gasteiger partial charge on any atom is 0.501 e. The van der Waals surface area contributed by atoms with Crippen LogP contribution in [0.25, 0.3) is 0 Å². The summed E-state index contributed by atoms with van der Waals surface area (Å²) in [6, 6.07) is 3.73. The number of alkyl halides is 13. The van der Waals surface area contributed by atoms with Crippen LogP contribution in [0, 0.1) is 20.8 Å². The Balaban J connectivity index is 0. The van der Waals surface area contributed by atoms with Gasteiger partial charge >= 0.3 is 28.1 Å². The van der Waals surface area contributed by atoms with Crippen LogP contribution in [0.1, 0.15) is 17.0 Å². The van der Waals surface area contributed by atoms with Gasteiger partial charge in [-0.3, -0.25) is 0 Å². The molecule has 282 valence electrons. The first-order valence-electron chi connectivity index (χ1n) is 10.8. The van der Waals surface area contributed by atoms with Crippen LogP contribution in [0.2, 0.25) is 0 Å². The first kappa shape index (κ1) is 47.4. The number of hydrogen-bond donors (Lipinski definition) is 1. The standard InChI is InChI=1S/C9H6F6O5S2.C6H8N.C4H4F7NO2S.FHO2S/c1-4-2-5(21(17,18)8(10,11)12)3-6(7(4)16)22(19,20)9(13,14)15;1-5-3-4-6(2)7-5;5-1-2(6,7)3(8,9)4(10,11)15(12,13)14;1-4(2)3/h2-3,16H,1H3;3-4H,1-2H3;1H2,(H2,12,13,14);(H,2,3)/q;-1;;/p-2. The smallest absolute Gasteiger partial charge is 0.501 e. The van der Waals surface area contributed by atoms with Gasteiger partial charge in [-0.15, -0.1) is 3.89 Å². The van der Waals surface area contributed by atoms with Crippen molar-refractivity contribution in [3.63, 3.8) is 0 Å². The molecule has 2 rings (SSSR count). The molecule has 0 radical (unpaired) electrons. The molecule has 0 saturated heterocycles. The summed E-state index contributed by atoms with van der Waals surface area (Å²) in [7, 11) is -18.7. The number of benzene rings is 1. The van der Waals surface area contributed by atoms with Crippen LogP contribution in [0.3, 0.4) is 0 Å². The minimum absolute atomic E-state index is 0.153. The average Bonchev–Trinajstić information content (AvgIpc) is 3.25. The highest BCUT2D eigenvalue weighted by Gasteiger charge is 2.76. The molecule has 0 aliphatic rings. The molecule has 0 bridgehead atoms. The molecule has 0 aliphatic carbocycles. The number of nitrogens with two attached hydrogens (primary N) is 1. The molecule has 0 saturated carbocycles. The molecule has 2 N–H and O–H groups in total. The Morgan fingerprint density at radius 1 is 0.771 bits per heavy atom. The van der Waals surface area contributed by atoms with E-state index in [0.717, 1.165) is 11.4 Å². The van der Waals surface area contributed by atoms with Gasteiger partial charge in [0.05, 0.1) is 9.79 Å². The van der Waals surface area contributed by atoms with Gasteiger partial charge in [0.2, 0.25) is 0 Å². The Bertz CT molecular complexity index is 1740. The fourth-order valence-electron chi connectivity index (χ4n) is 2.39. The summed E-state index contributed by atoms with van der Waals surface area (Å²) in [6.07, 6.45) is 0. The lowest BCUT2D eigenvalue weighted by Gasteiger charge is -2.29. The zero-order chi connectivity index (χ0) is 39.3. The Hall–Kier alpha value is -2.76. The molecule has 48 heavy (non-hydrogen) atoms. The first-order chi connectivity index (χ1) is 20.9. The van der Waals surface area contributed by atoms with Crippen LogP contribution in [0.5, 0.6) is 5.75 Å². The van der Waals surface area contributed by atoms with E-state index in [9.17, 15) is 91.3 Å². The third-order valence-corrected chi connectivity index (χ3v) is 8.62. The Morgan fingerprint density at radius 2 is 1.12 bits per heavy atom. The molecule has 0 amide bonds. The minimum atomic E-state index is -6.43. The van der Waals surface area contributed by atoms with Gasteiger partial charge in [-0.1, -0.05) is 37.3 Å². The molecular weight excluding hydrogens is 794 g/mol. The van der Waals surface area contributed by atoms with Gasteiger partial charge in [-0.2, -0.15) is 64.1 Å². The second-order valence-corrected chi connectivity index (χ2v) is 14.2. The Labute approximate surface area is 263 Å². The van der Waals surface area contributed by atoms with Crippen molar-refractivity contribution in [1.29, 1.82) is 0 Å². The largest absolute Gasteiger partial charge is 0.871 e. The average molecular weight is 812 g/mol. The van der Waals surface area contributed by atoms with Crippen LogP contribution >= 0.6 is 0 Å². The SMILES string of the molecule is Cc1cc(S(=O)(=O)C(F)(F)F)cc(S(=O)(=O)C(F)(F)F)c1[O-].Cc1ccc(C)[n-]1.NS(=O)(=O)C(F)(F)C(F)(F)C(F)(F)CF.O=S([O-])F. The number of sulfonamides is 1. The van der Waals surface area contributed by atoms with Crippen molar-refractivity contribution in [2.45, 2.75) is 58.7 Å². The lowest BCUT2D eigenvalue weighted by molar-refractivity contribution is -0.282.